The number of aliphatic carboxylic acids is 1. The van der Waals surface area contributed by atoms with Gasteiger partial charge in [0.15, 0.2) is 5.78 Å². The second-order valence-electron chi connectivity index (χ2n) is 9.96. The van der Waals surface area contributed by atoms with Gasteiger partial charge in [0.2, 0.25) is 0 Å². The first-order chi connectivity index (χ1) is 13.2. The number of fused-ring (bicyclic) bond motifs is 5. The van der Waals surface area contributed by atoms with E-state index in [4.69, 9.17) is 9.84 Å². The van der Waals surface area contributed by atoms with Crippen molar-refractivity contribution in [2.75, 3.05) is 0 Å². The van der Waals surface area contributed by atoms with Crippen molar-refractivity contribution in [3.05, 3.63) is 11.6 Å². The van der Waals surface area contributed by atoms with E-state index in [1.54, 1.807) is 0 Å². The summed E-state index contributed by atoms with van der Waals surface area (Å²) in [4.78, 5) is 34.8. The Hall–Kier alpha value is -1.65. The number of hydrogen-bond donors (Lipinski definition) is 1. The molecule has 0 saturated heterocycles. The zero-order chi connectivity index (χ0) is 20.1. The Kier molecular flexibility index (Phi) is 4.91. The normalized spacial score (nSPS) is 42.1. The molecule has 5 nitrogen and oxygen atoms in total. The molecule has 0 heterocycles. The number of allylic oxidation sites excluding steroid dienone is 1. The van der Waals surface area contributed by atoms with Crippen molar-refractivity contribution in [1.29, 1.82) is 0 Å². The summed E-state index contributed by atoms with van der Waals surface area (Å²) in [7, 11) is 0. The maximum absolute atomic E-state index is 12.1. The molecule has 154 valence electrons. The van der Waals surface area contributed by atoms with Crippen molar-refractivity contribution in [3.63, 3.8) is 0 Å². The first-order valence-corrected chi connectivity index (χ1v) is 10.9. The van der Waals surface area contributed by atoms with E-state index in [1.807, 2.05) is 6.08 Å². The zero-order valence-electron chi connectivity index (χ0n) is 17.0. The van der Waals surface area contributed by atoms with E-state index in [0.717, 1.165) is 44.9 Å². The fraction of sp³-hybridized carbons (Fsp3) is 0.783. The molecule has 0 amide bonds. The number of esters is 1. The number of carbonyl (C=O) groups excluding carboxylic acids is 2. The van der Waals surface area contributed by atoms with Crippen LogP contribution in [0.3, 0.4) is 0 Å². The number of rotatable bonds is 4. The highest BCUT2D eigenvalue weighted by Gasteiger charge is 2.59. The highest BCUT2D eigenvalue weighted by Crippen LogP contribution is 2.65. The van der Waals surface area contributed by atoms with Crippen molar-refractivity contribution in [3.8, 4) is 0 Å². The first-order valence-electron chi connectivity index (χ1n) is 10.9. The molecule has 4 aliphatic carbocycles. The maximum atomic E-state index is 12.1. The van der Waals surface area contributed by atoms with E-state index in [9.17, 15) is 14.4 Å². The van der Waals surface area contributed by atoms with Gasteiger partial charge in [0.25, 0.3) is 0 Å². The number of carboxylic acid groups (broad SMARTS) is 1. The summed E-state index contributed by atoms with van der Waals surface area (Å²) >= 11 is 0. The van der Waals surface area contributed by atoms with Crippen LogP contribution in [0.2, 0.25) is 0 Å². The third-order valence-electron chi connectivity index (χ3n) is 8.69. The van der Waals surface area contributed by atoms with Crippen molar-refractivity contribution >= 4 is 17.7 Å². The minimum atomic E-state index is -0.960. The summed E-state index contributed by atoms with van der Waals surface area (Å²) in [5.41, 5.74) is 1.54. The third-order valence-corrected chi connectivity index (χ3v) is 8.69. The smallest absolute Gasteiger partial charge is 0.306 e. The number of hydrogen-bond acceptors (Lipinski definition) is 4. The molecule has 5 heteroatoms. The molecule has 3 saturated carbocycles. The van der Waals surface area contributed by atoms with Crippen LogP contribution in [0.4, 0.5) is 0 Å². The van der Waals surface area contributed by atoms with E-state index in [0.29, 0.717) is 30.0 Å². The third kappa shape index (κ3) is 3.11. The summed E-state index contributed by atoms with van der Waals surface area (Å²) in [6, 6.07) is 0. The van der Waals surface area contributed by atoms with Crippen molar-refractivity contribution in [2.24, 2.45) is 28.6 Å². The summed E-state index contributed by atoms with van der Waals surface area (Å²) in [5, 5.41) is 8.79. The van der Waals surface area contributed by atoms with Crippen LogP contribution in [-0.2, 0) is 19.1 Å². The van der Waals surface area contributed by atoms with Crippen LogP contribution in [0, 0.1) is 28.6 Å². The van der Waals surface area contributed by atoms with E-state index >= 15 is 0 Å². The molecular weight excluding hydrogens is 356 g/mol. The average molecular weight is 389 g/mol. The standard InChI is InChI=1S/C23H32O5/c1-22-11-9-15(24)13-14(22)3-4-16-17-5-6-19(23(17,2)12-10-18(16)22)28-21(27)8-7-20(25)26/h13,16-19H,3-12H2,1-2H3,(H,25,26)/t16-,17+,18-,19+,22+,23+/m1/s1. The van der Waals surface area contributed by atoms with Gasteiger partial charge in [-0.15, -0.1) is 0 Å². The lowest BCUT2D eigenvalue weighted by Gasteiger charge is -2.57. The Morgan fingerprint density at radius 2 is 1.86 bits per heavy atom. The molecular formula is C23H32O5. The largest absolute Gasteiger partial charge is 0.481 e. The topological polar surface area (TPSA) is 80.7 Å². The van der Waals surface area contributed by atoms with E-state index < -0.39 is 5.97 Å². The number of carbonyl (C=O) groups is 3. The summed E-state index contributed by atoms with van der Waals surface area (Å²) in [5.74, 6) is 0.776. The number of carboxylic acids is 1. The van der Waals surface area contributed by atoms with Crippen LogP contribution in [0.25, 0.3) is 0 Å². The molecule has 4 aliphatic rings. The quantitative estimate of drug-likeness (QED) is 0.727. The molecule has 0 aromatic carbocycles. The molecule has 0 spiro atoms. The fourth-order valence-electron chi connectivity index (χ4n) is 7.13. The van der Waals surface area contributed by atoms with Crippen molar-refractivity contribution < 1.29 is 24.2 Å². The van der Waals surface area contributed by atoms with Gasteiger partial charge in [0.1, 0.15) is 6.10 Å². The minimum Gasteiger partial charge on any atom is -0.481 e. The van der Waals surface area contributed by atoms with Crippen LogP contribution < -0.4 is 0 Å². The highest BCUT2D eigenvalue weighted by molar-refractivity contribution is 5.91. The summed E-state index contributed by atoms with van der Waals surface area (Å²) in [6.45, 7) is 4.66. The first kappa shape index (κ1) is 19.7. The van der Waals surface area contributed by atoms with E-state index in [2.05, 4.69) is 13.8 Å². The Bertz CT molecular complexity index is 725. The molecule has 1 N–H and O–H groups in total. The Morgan fingerprint density at radius 3 is 2.61 bits per heavy atom. The molecule has 28 heavy (non-hydrogen) atoms. The van der Waals surface area contributed by atoms with Gasteiger partial charge in [-0.1, -0.05) is 19.4 Å². The SMILES string of the molecule is C[C@]12CC[C@@H]3[C@H](CCC4=CC(=O)CC[C@@]43C)[C@@H]1CC[C@@H]2OC(=O)CCC(=O)O. The van der Waals surface area contributed by atoms with Crippen LogP contribution >= 0.6 is 0 Å². The van der Waals surface area contributed by atoms with Gasteiger partial charge in [0.05, 0.1) is 12.8 Å². The second kappa shape index (κ2) is 7.00. The van der Waals surface area contributed by atoms with Gasteiger partial charge in [-0.2, -0.15) is 0 Å². The zero-order valence-corrected chi connectivity index (χ0v) is 17.0. The van der Waals surface area contributed by atoms with Gasteiger partial charge < -0.3 is 9.84 Å². The van der Waals surface area contributed by atoms with Gasteiger partial charge in [0, 0.05) is 11.8 Å². The Balaban J connectivity index is 1.49. The highest BCUT2D eigenvalue weighted by atomic mass is 16.5. The van der Waals surface area contributed by atoms with Crippen LogP contribution in [-0.4, -0.2) is 28.9 Å². The van der Waals surface area contributed by atoms with Crippen LogP contribution in [0.15, 0.2) is 11.6 Å². The molecule has 0 bridgehead atoms. The predicted octanol–water partition coefficient (Wildman–Crippen LogP) is 4.29. The molecule has 4 rings (SSSR count). The number of ketones is 1. The van der Waals surface area contributed by atoms with Gasteiger partial charge in [-0.25, -0.2) is 0 Å². The van der Waals surface area contributed by atoms with Gasteiger partial charge in [-0.05, 0) is 74.2 Å². The summed E-state index contributed by atoms with van der Waals surface area (Å²) in [6.07, 6.45) is 9.62. The lowest BCUT2D eigenvalue weighted by atomic mass is 9.47. The Labute approximate surface area is 166 Å². The minimum absolute atomic E-state index is 0.00210. The van der Waals surface area contributed by atoms with Crippen molar-refractivity contribution in [2.45, 2.75) is 84.2 Å². The molecule has 0 aliphatic heterocycles. The van der Waals surface area contributed by atoms with Crippen molar-refractivity contribution in [1.82, 2.24) is 0 Å². The molecule has 0 aromatic rings. The average Bonchev–Trinajstić information content (AvgIpc) is 2.97. The monoisotopic (exact) mass is 388 g/mol. The van der Waals surface area contributed by atoms with Gasteiger partial charge in [-0.3, -0.25) is 14.4 Å². The number of ether oxygens (including phenoxy) is 1. The Morgan fingerprint density at radius 1 is 1.07 bits per heavy atom. The lowest BCUT2D eigenvalue weighted by molar-refractivity contribution is -0.161. The van der Waals surface area contributed by atoms with Gasteiger partial charge >= 0.3 is 11.9 Å². The molecule has 6 atom stereocenters. The summed E-state index contributed by atoms with van der Waals surface area (Å²) < 4.78 is 5.80. The fourth-order valence-corrected chi connectivity index (χ4v) is 7.13. The van der Waals surface area contributed by atoms with Crippen LogP contribution in [0.5, 0.6) is 0 Å². The maximum Gasteiger partial charge on any atom is 0.306 e. The molecule has 0 unspecified atom stereocenters. The van der Waals surface area contributed by atoms with E-state index in [1.165, 1.54) is 5.57 Å². The molecule has 0 radical (unpaired) electrons. The molecule has 0 aromatic heterocycles. The second-order valence-corrected chi connectivity index (χ2v) is 9.96. The van der Waals surface area contributed by atoms with Crippen LogP contribution in [0.1, 0.15) is 78.1 Å². The molecule has 3 fully saturated rings. The predicted molar refractivity (Wildman–Crippen MR) is 103 cm³/mol. The lowest BCUT2D eigenvalue weighted by Crippen LogP contribution is -2.51. The van der Waals surface area contributed by atoms with E-state index in [-0.39, 0.29) is 35.7 Å².